The van der Waals surface area contributed by atoms with Gasteiger partial charge in [0.25, 0.3) is 5.91 Å². The molecular formula is C32H36N6O2. The summed E-state index contributed by atoms with van der Waals surface area (Å²) >= 11 is 0. The van der Waals surface area contributed by atoms with Crippen LogP contribution >= 0.6 is 0 Å². The molecular weight excluding hydrogens is 500 g/mol. The number of allylic oxidation sites excluding steroid dienone is 7. The van der Waals surface area contributed by atoms with Crippen molar-refractivity contribution in [3.05, 3.63) is 114 Å². The van der Waals surface area contributed by atoms with Crippen molar-refractivity contribution >= 4 is 29.6 Å². The number of amides is 1. The Morgan fingerprint density at radius 3 is 2.85 bits per heavy atom. The maximum absolute atomic E-state index is 12.3. The van der Waals surface area contributed by atoms with Crippen molar-refractivity contribution in [1.82, 2.24) is 19.9 Å². The summed E-state index contributed by atoms with van der Waals surface area (Å²) in [5.74, 6) is 0.583. The number of pyridine rings is 2. The number of rotatable bonds is 10. The van der Waals surface area contributed by atoms with E-state index in [1.807, 2.05) is 73.8 Å². The van der Waals surface area contributed by atoms with Crippen molar-refractivity contribution < 1.29 is 9.53 Å². The topological polar surface area (TPSA) is 85.7 Å². The highest BCUT2D eigenvalue weighted by Crippen LogP contribution is 2.34. The SMILES string of the molecule is C=C/C(=C\C=C\c1nc(N2C=C(c3cccnc3)C(C)N2C)c(C=N)cc1C/C=C\C=C/C)N1CCOCC1=O. The molecule has 0 bridgehead atoms. The fourth-order valence-corrected chi connectivity index (χ4v) is 4.63. The first-order valence-corrected chi connectivity index (χ1v) is 13.3. The number of aromatic nitrogens is 2. The van der Waals surface area contributed by atoms with Gasteiger partial charge in [-0.2, -0.15) is 0 Å². The van der Waals surface area contributed by atoms with Crippen LogP contribution in [0, 0.1) is 5.41 Å². The second-order valence-electron chi connectivity index (χ2n) is 9.42. The van der Waals surface area contributed by atoms with Gasteiger partial charge in [-0.05, 0) is 67.3 Å². The van der Waals surface area contributed by atoms with E-state index in [9.17, 15) is 4.79 Å². The zero-order valence-corrected chi connectivity index (χ0v) is 23.3. The summed E-state index contributed by atoms with van der Waals surface area (Å²) in [4.78, 5) is 23.4. The molecule has 206 valence electrons. The molecule has 1 fully saturated rings. The van der Waals surface area contributed by atoms with Crippen molar-refractivity contribution in [3.63, 3.8) is 0 Å². The van der Waals surface area contributed by atoms with Gasteiger partial charge in [-0.1, -0.05) is 43.0 Å². The number of nitrogens with zero attached hydrogens (tertiary/aromatic N) is 5. The third-order valence-corrected chi connectivity index (χ3v) is 6.93. The molecule has 2 aromatic rings. The number of carbonyl (C=O) groups excluding carboxylic acids is 1. The first kappa shape index (κ1) is 28.6. The average Bonchev–Trinajstić information content (AvgIpc) is 3.28. The summed E-state index contributed by atoms with van der Waals surface area (Å²) in [6, 6.07) is 6.10. The van der Waals surface area contributed by atoms with Crippen molar-refractivity contribution in [2.24, 2.45) is 0 Å². The molecule has 4 rings (SSSR count). The summed E-state index contributed by atoms with van der Waals surface area (Å²) in [5.41, 5.74) is 5.37. The van der Waals surface area contributed by atoms with Gasteiger partial charge in [0, 0.05) is 49.7 Å². The molecule has 0 aliphatic carbocycles. The maximum atomic E-state index is 12.3. The van der Waals surface area contributed by atoms with Gasteiger partial charge in [-0.3, -0.25) is 14.8 Å². The maximum Gasteiger partial charge on any atom is 0.253 e. The van der Waals surface area contributed by atoms with Crippen LogP contribution in [-0.2, 0) is 16.0 Å². The van der Waals surface area contributed by atoms with Crippen LogP contribution < -0.4 is 5.01 Å². The number of likely N-dealkylation sites (N-methyl/N-ethyl adjacent to an activating group) is 1. The molecule has 1 unspecified atom stereocenters. The summed E-state index contributed by atoms with van der Waals surface area (Å²) < 4.78 is 5.26. The van der Waals surface area contributed by atoms with E-state index >= 15 is 0 Å². The van der Waals surface area contributed by atoms with E-state index in [-0.39, 0.29) is 18.6 Å². The molecule has 0 saturated carbocycles. The van der Waals surface area contributed by atoms with Crippen LogP contribution in [-0.4, -0.2) is 64.8 Å². The van der Waals surface area contributed by atoms with Gasteiger partial charge in [0.2, 0.25) is 0 Å². The van der Waals surface area contributed by atoms with E-state index in [1.54, 1.807) is 17.2 Å². The molecule has 40 heavy (non-hydrogen) atoms. The Kier molecular flexibility index (Phi) is 9.72. The second-order valence-corrected chi connectivity index (χ2v) is 9.42. The third kappa shape index (κ3) is 6.42. The highest BCUT2D eigenvalue weighted by molar-refractivity contribution is 5.87. The number of hydrogen-bond acceptors (Lipinski definition) is 7. The number of ether oxygens (including phenoxy) is 1. The van der Waals surface area contributed by atoms with Crippen LogP contribution in [0.3, 0.4) is 0 Å². The molecule has 1 saturated heterocycles. The molecule has 8 heteroatoms. The number of hydrazine groups is 1. The first-order valence-electron chi connectivity index (χ1n) is 13.3. The van der Waals surface area contributed by atoms with Crippen LogP contribution in [0.25, 0.3) is 11.6 Å². The molecule has 0 radical (unpaired) electrons. The van der Waals surface area contributed by atoms with E-state index in [1.165, 1.54) is 6.21 Å². The van der Waals surface area contributed by atoms with Crippen molar-refractivity contribution in [2.75, 3.05) is 31.8 Å². The van der Waals surface area contributed by atoms with E-state index in [0.717, 1.165) is 28.0 Å². The standard InChI is InChI=1S/C32H36N6O2/c1-5-7-8-9-12-25-19-27(20-33)32(38-22-29(24(3)36(38)4)26-13-11-16-34-21-26)35-30(25)15-10-14-28(6-2)37-17-18-40-23-31(37)39/h5-11,13-16,19-22,24,33H,2,12,17-18,23H2,1,3-4H3/b7-5-,9-8-,15-10+,28-14+,33-20?. The summed E-state index contributed by atoms with van der Waals surface area (Å²) in [5, 5.41) is 12.3. The monoisotopic (exact) mass is 536 g/mol. The fraction of sp³-hybridized carbons (Fsp3) is 0.250. The lowest BCUT2D eigenvalue weighted by atomic mass is 10.0. The van der Waals surface area contributed by atoms with Crippen LogP contribution in [0.15, 0.2) is 91.6 Å². The number of anilines is 1. The van der Waals surface area contributed by atoms with Crippen LogP contribution in [0.2, 0.25) is 0 Å². The van der Waals surface area contributed by atoms with E-state index in [4.69, 9.17) is 15.1 Å². The van der Waals surface area contributed by atoms with Gasteiger partial charge in [0.1, 0.15) is 6.61 Å². The second kappa shape index (κ2) is 13.6. The highest BCUT2D eigenvalue weighted by atomic mass is 16.5. The number of carbonyl (C=O) groups is 1. The quantitative estimate of drug-likeness (QED) is 0.332. The lowest BCUT2D eigenvalue weighted by Crippen LogP contribution is -2.40. The summed E-state index contributed by atoms with van der Waals surface area (Å²) in [6.07, 6.45) is 23.1. The lowest BCUT2D eigenvalue weighted by molar-refractivity contribution is -0.139. The Hall–Kier alpha value is -4.40. The summed E-state index contributed by atoms with van der Waals surface area (Å²) in [6.45, 7) is 9.07. The van der Waals surface area contributed by atoms with Crippen LogP contribution in [0.1, 0.15) is 36.2 Å². The highest BCUT2D eigenvalue weighted by Gasteiger charge is 2.30. The van der Waals surface area contributed by atoms with Crippen molar-refractivity contribution in [1.29, 1.82) is 5.41 Å². The van der Waals surface area contributed by atoms with E-state index in [2.05, 4.69) is 41.8 Å². The Labute approximate surface area is 236 Å². The smallest absolute Gasteiger partial charge is 0.253 e. The minimum absolute atomic E-state index is 0.0733. The molecule has 2 aliphatic heterocycles. The van der Waals surface area contributed by atoms with Gasteiger partial charge < -0.3 is 15.0 Å². The molecule has 2 aliphatic rings. The van der Waals surface area contributed by atoms with Gasteiger partial charge in [-0.25, -0.2) is 9.99 Å². The fourth-order valence-electron chi connectivity index (χ4n) is 4.63. The molecule has 2 aromatic heterocycles. The lowest BCUT2D eigenvalue weighted by Gasteiger charge is -2.29. The average molecular weight is 537 g/mol. The number of morpholine rings is 1. The van der Waals surface area contributed by atoms with Gasteiger partial charge in [-0.15, -0.1) is 0 Å². The van der Waals surface area contributed by atoms with E-state index in [0.29, 0.717) is 31.1 Å². The van der Waals surface area contributed by atoms with E-state index < -0.39 is 0 Å². The van der Waals surface area contributed by atoms with Gasteiger partial charge in [0.15, 0.2) is 5.82 Å². The molecule has 8 nitrogen and oxygen atoms in total. The normalized spacial score (nSPS) is 18.9. The summed E-state index contributed by atoms with van der Waals surface area (Å²) in [7, 11) is 2.02. The van der Waals surface area contributed by atoms with Crippen LogP contribution in [0.5, 0.6) is 0 Å². The largest absolute Gasteiger partial charge is 0.370 e. The predicted molar refractivity (Wildman–Crippen MR) is 162 cm³/mol. The number of nitrogens with one attached hydrogen (secondary N) is 1. The van der Waals surface area contributed by atoms with Crippen LogP contribution in [0.4, 0.5) is 5.82 Å². The molecule has 0 aromatic carbocycles. The minimum Gasteiger partial charge on any atom is -0.370 e. The zero-order chi connectivity index (χ0) is 28.5. The Balaban J connectivity index is 1.75. The zero-order valence-electron chi connectivity index (χ0n) is 23.3. The Morgan fingerprint density at radius 2 is 2.15 bits per heavy atom. The molecule has 1 N–H and O–H groups in total. The van der Waals surface area contributed by atoms with Crippen molar-refractivity contribution in [2.45, 2.75) is 26.3 Å². The van der Waals surface area contributed by atoms with Crippen molar-refractivity contribution in [3.8, 4) is 0 Å². The molecule has 1 amide bonds. The minimum atomic E-state index is -0.0845. The Bertz CT molecular complexity index is 1390. The van der Waals surface area contributed by atoms with Gasteiger partial charge >= 0.3 is 0 Å². The molecule has 0 spiro atoms. The number of hydrogen-bond donors (Lipinski definition) is 1. The third-order valence-electron chi connectivity index (χ3n) is 6.93. The van der Waals surface area contributed by atoms with Gasteiger partial charge in [0.05, 0.1) is 18.3 Å². The molecule has 4 heterocycles. The Morgan fingerprint density at radius 1 is 1.30 bits per heavy atom. The first-order chi connectivity index (χ1) is 19.5. The predicted octanol–water partition coefficient (Wildman–Crippen LogP) is 5.19. The molecule has 1 atom stereocenters.